The molecule has 2 rings (SSSR count). The van der Waals surface area contributed by atoms with E-state index < -0.39 is 0 Å². The Bertz CT molecular complexity index is 1190. The van der Waals surface area contributed by atoms with Crippen molar-refractivity contribution in [2.24, 2.45) is 10.8 Å². The van der Waals surface area contributed by atoms with Crippen LogP contribution in [0.25, 0.3) is 0 Å². The van der Waals surface area contributed by atoms with Crippen LogP contribution in [0.15, 0.2) is 130 Å². The molecule has 0 aromatic rings. The molecule has 0 spiro atoms. The van der Waals surface area contributed by atoms with Crippen LogP contribution in [0.2, 0.25) is 0 Å². The van der Waals surface area contributed by atoms with E-state index in [0.29, 0.717) is 0 Å². The van der Waals surface area contributed by atoms with Crippen molar-refractivity contribution in [3.05, 3.63) is 130 Å². The molecule has 0 saturated heterocycles. The first kappa shape index (κ1) is 35.3. The monoisotopic (exact) mass is 568 g/mol. The van der Waals surface area contributed by atoms with Crippen LogP contribution in [0.3, 0.4) is 0 Å². The Labute approximate surface area is 257 Å². The van der Waals surface area contributed by atoms with E-state index in [9.17, 15) is 10.2 Å². The molecule has 228 valence electrons. The van der Waals surface area contributed by atoms with Crippen LogP contribution in [0.4, 0.5) is 0 Å². The van der Waals surface area contributed by atoms with Crippen LogP contribution in [0, 0.1) is 10.8 Å². The van der Waals surface area contributed by atoms with Crippen molar-refractivity contribution in [3.63, 3.8) is 0 Å². The quantitative estimate of drug-likeness (QED) is 0.257. The Morgan fingerprint density at radius 1 is 0.548 bits per heavy atom. The average molecular weight is 569 g/mol. The fourth-order valence-corrected chi connectivity index (χ4v) is 6.13. The standard InChI is InChI=1S/C40H56O2/c1-29(17-13-19-31(3)21-23-37-33(5)25-35(41)27-39(37,7)8)15-11-12-16-30(2)18-14-20-32(4)22-24-38-34(6)26-36(42)28-40(38,9)10/h11-24,35-36,41-42H,25-28H2,1-10H3/b12-11-,17-13+,18-14+,23-21+,24-22+,29-15-,30-16+,31-19+,32-20+/t35-,36-/m1/s1. The summed E-state index contributed by atoms with van der Waals surface area (Å²) in [4.78, 5) is 0. The van der Waals surface area contributed by atoms with Gasteiger partial charge in [0.2, 0.25) is 0 Å². The third kappa shape index (κ3) is 11.7. The lowest BCUT2D eigenvalue weighted by atomic mass is 9.71. The largest absolute Gasteiger partial charge is 0.393 e. The molecule has 0 radical (unpaired) electrons. The van der Waals surface area contributed by atoms with Gasteiger partial charge in [0.15, 0.2) is 0 Å². The summed E-state index contributed by atoms with van der Waals surface area (Å²) in [5.41, 5.74) is 10.1. The highest BCUT2D eigenvalue weighted by molar-refractivity contribution is 5.39. The molecular weight excluding hydrogens is 512 g/mol. The first-order chi connectivity index (χ1) is 19.6. The molecule has 0 aromatic heterocycles. The summed E-state index contributed by atoms with van der Waals surface area (Å²) in [7, 11) is 0. The molecule has 0 amide bonds. The molecule has 0 aliphatic heterocycles. The maximum atomic E-state index is 10.1. The van der Waals surface area contributed by atoms with Gasteiger partial charge in [-0.15, -0.1) is 0 Å². The van der Waals surface area contributed by atoms with Crippen molar-refractivity contribution in [1.29, 1.82) is 0 Å². The summed E-state index contributed by atoms with van der Waals surface area (Å²) >= 11 is 0. The van der Waals surface area contributed by atoms with E-state index >= 15 is 0 Å². The fourth-order valence-electron chi connectivity index (χ4n) is 6.13. The second kappa shape index (κ2) is 16.1. The van der Waals surface area contributed by atoms with Crippen LogP contribution >= 0.6 is 0 Å². The Morgan fingerprint density at radius 2 is 0.857 bits per heavy atom. The second-order valence-corrected chi connectivity index (χ2v) is 13.7. The van der Waals surface area contributed by atoms with Gasteiger partial charge in [0, 0.05) is 0 Å². The van der Waals surface area contributed by atoms with Crippen LogP contribution in [0.5, 0.6) is 0 Å². The molecular formula is C40H56O2. The van der Waals surface area contributed by atoms with E-state index in [1.807, 2.05) is 0 Å². The van der Waals surface area contributed by atoms with Gasteiger partial charge in [0.05, 0.1) is 12.2 Å². The zero-order chi connectivity index (χ0) is 31.5. The highest BCUT2D eigenvalue weighted by atomic mass is 16.3. The number of aliphatic hydroxyl groups excluding tert-OH is 2. The molecule has 42 heavy (non-hydrogen) atoms. The van der Waals surface area contributed by atoms with Crippen LogP contribution in [-0.2, 0) is 0 Å². The normalized spacial score (nSPS) is 25.0. The molecule has 2 atom stereocenters. The molecule has 0 saturated carbocycles. The zero-order valence-electron chi connectivity index (χ0n) is 28.0. The summed E-state index contributed by atoms with van der Waals surface area (Å²) in [5, 5.41) is 20.2. The minimum atomic E-state index is -0.227. The lowest BCUT2D eigenvalue weighted by molar-refractivity contribution is 0.116. The predicted octanol–water partition coefficient (Wildman–Crippen LogP) is 10.5. The average Bonchev–Trinajstić information content (AvgIpc) is 2.84. The molecule has 0 fully saturated rings. The summed E-state index contributed by atoms with van der Waals surface area (Å²) < 4.78 is 0. The van der Waals surface area contributed by atoms with E-state index in [1.165, 1.54) is 44.6 Å². The lowest BCUT2D eigenvalue weighted by Crippen LogP contribution is -2.28. The Hall–Kier alpha value is -2.94. The molecule has 2 aliphatic rings. The van der Waals surface area contributed by atoms with Gasteiger partial charge < -0.3 is 10.2 Å². The van der Waals surface area contributed by atoms with Gasteiger partial charge in [-0.2, -0.15) is 0 Å². The number of aliphatic hydroxyl groups is 2. The highest BCUT2D eigenvalue weighted by Crippen LogP contribution is 2.42. The van der Waals surface area contributed by atoms with Crippen LogP contribution in [-0.4, -0.2) is 22.4 Å². The maximum absolute atomic E-state index is 10.1. The van der Waals surface area contributed by atoms with Gasteiger partial charge in [0.1, 0.15) is 0 Å². The predicted molar refractivity (Wildman–Crippen MR) is 184 cm³/mol. The zero-order valence-corrected chi connectivity index (χ0v) is 28.0. The molecule has 0 unspecified atom stereocenters. The van der Waals surface area contributed by atoms with Crippen molar-refractivity contribution in [1.82, 2.24) is 0 Å². The van der Waals surface area contributed by atoms with Crippen LogP contribution in [0.1, 0.15) is 94.9 Å². The number of hydrogen-bond acceptors (Lipinski definition) is 2. The summed E-state index contributed by atoms with van der Waals surface area (Å²) in [6.07, 6.45) is 32.6. The second-order valence-electron chi connectivity index (χ2n) is 13.7. The summed E-state index contributed by atoms with van der Waals surface area (Å²) in [6.45, 7) is 21.6. The van der Waals surface area contributed by atoms with Gasteiger partial charge in [-0.05, 0) is 89.2 Å². The highest BCUT2D eigenvalue weighted by Gasteiger charge is 2.32. The van der Waals surface area contributed by atoms with Crippen molar-refractivity contribution in [2.45, 2.75) is 107 Å². The molecule has 0 bridgehead atoms. The van der Waals surface area contributed by atoms with Crippen molar-refractivity contribution in [2.75, 3.05) is 0 Å². The first-order valence-electron chi connectivity index (χ1n) is 15.5. The van der Waals surface area contributed by atoms with Gasteiger partial charge in [-0.1, -0.05) is 146 Å². The van der Waals surface area contributed by atoms with Crippen LogP contribution < -0.4 is 0 Å². The summed E-state index contributed by atoms with van der Waals surface area (Å²) in [6, 6.07) is 0. The molecule has 0 heterocycles. The third-order valence-corrected chi connectivity index (χ3v) is 8.24. The topological polar surface area (TPSA) is 40.5 Å². The number of allylic oxidation sites excluding steroid dienone is 20. The molecule has 2 nitrogen and oxygen atoms in total. The van der Waals surface area contributed by atoms with E-state index in [4.69, 9.17) is 0 Å². The van der Waals surface area contributed by atoms with E-state index in [1.54, 1.807) is 0 Å². The van der Waals surface area contributed by atoms with Crippen molar-refractivity contribution >= 4 is 0 Å². The Balaban J connectivity index is 1.90. The Kier molecular flexibility index (Phi) is 13.5. The van der Waals surface area contributed by atoms with Gasteiger partial charge in [-0.3, -0.25) is 0 Å². The van der Waals surface area contributed by atoms with Gasteiger partial charge in [-0.25, -0.2) is 0 Å². The smallest absolute Gasteiger partial charge is 0.0585 e. The number of hydrogen-bond donors (Lipinski definition) is 2. The van der Waals surface area contributed by atoms with E-state index in [0.717, 1.165) is 25.7 Å². The SMILES string of the molecule is CC1=C(/C=C/C(C)=C/C=C/C(C)=C\C=C/C=C(C)/C=C/C=C(C)/C=C/C2=C(C)C[C@@H](O)CC2(C)C)C(C)(C)C[C@H](O)C1. The maximum Gasteiger partial charge on any atom is 0.0585 e. The number of rotatable bonds is 10. The van der Waals surface area contributed by atoms with E-state index in [-0.39, 0.29) is 23.0 Å². The summed E-state index contributed by atoms with van der Waals surface area (Å²) in [5.74, 6) is 0. The fraction of sp³-hybridized carbons (Fsp3) is 0.450. The molecule has 2 aliphatic carbocycles. The molecule has 2 N–H and O–H groups in total. The first-order valence-corrected chi connectivity index (χ1v) is 15.5. The lowest BCUT2D eigenvalue weighted by Gasteiger charge is -2.35. The third-order valence-electron chi connectivity index (χ3n) is 8.24. The van der Waals surface area contributed by atoms with Gasteiger partial charge >= 0.3 is 0 Å². The minimum absolute atomic E-state index is 0.00547. The van der Waals surface area contributed by atoms with E-state index in [2.05, 4.69) is 154 Å². The van der Waals surface area contributed by atoms with Gasteiger partial charge in [0.25, 0.3) is 0 Å². The minimum Gasteiger partial charge on any atom is -0.393 e. The van der Waals surface area contributed by atoms with Crippen molar-refractivity contribution < 1.29 is 10.2 Å². The Morgan fingerprint density at radius 3 is 1.19 bits per heavy atom. The van der Waals surface area contributed by atoms with Crippen molar-refractivity contribution in [3.8, 4) is 0 Å². The molecule has 2 heteroatoms. The molecule has 0 aromatic carbocycles.